The van der Waals surface area contributed by atoms with Gasteiger partial charge >= 0.3 is 0 Å². The average Bonchev–Trinajstić information content (AvgIpc) is 2.46. The summed E-state index contributed by atoms with van der Waals surface area (Å²) in [5, 5.41) is 0.717. The molecule has 0 spiro atoms. The fraction of sp³-hybridized carbons (Fsp3) is 0.250. The summed E-state index contributed by atoms with van der Waals surface area (Å²) in [5.41, 5.74) is 9.70. The van der Waals surface area contributed by atoms with E-state index in [9.17, 15) is 0 Å². The minimum atomic E-state index is -0.147. The first kappa shape index (κ1) is 12.5. The van der Waals surface area contributed by atoms with E-state index in [4.69, 9.17) is 22.1 Å². The van der Waals surface area contributed by atoms with Crippen LogP contribution in [0.2, 0.25) is 5.02 Å². The molecule has 1 atom stereocenters. The maximum Gasteiger partial charge on any atom is 0.122 e. The number of ether oxygens (including phenoxy) is 1. The van der Waals surface area contributed by atoms with Crippen LogP contribution in [0.4, 0.5) is 0 Å². The smallest absolute Gasteiger partial charge is 0.122 e. The molecule has 19 heavy (non-hydrogen) atoms. The Bertz CT molecular complexity index is 597. The highest BCUT2D eigenvalue weighted by Gasteiger charge is 2.14. The van der Waals surface area contributed by atoms with E-state index in [1.807, 2.05) is 36.4 Å². The van der Waals surface area contributed by atoms with Gasteiger partial charge in [0.05, 0.1) is 12.6 Å². The summed E-state index contributed by atoms with van der Waals surface area (Å²) in [4.78, 5) is 0. The van der Waals surface area contributed by atoms with Gasteiger partial charge in [0.25, 0.3) is 0 Å². The lowest BCUT2D eigenvalue weighted by molar-refractivity contribution is 0.288. The molecule has 2 N–H and O–H groups in total. The molecule has 0 bridgehead atoms. The molecule has 0 amide bonds. The monoisotopic (exact) mass is 273 g/mol. The van der Waals surface area contributed by atoms with Gasteiger partial charge in [-0.2, -0.15) is 0 Å². The van der Waals surface area contributed by atoms with E-state index < -0.39 is 0 Å². The third-order valence-electron chi connectivity index (χ3n) is 3.50. The van der Waals surface area contributed by atoms with Crippen molar-refractivity contribution in [3.63, 3.8) is 0 Å². The highest BCUT2D eigenvalue weighted by molar-refractivity contribution is 6.30. The van der Waals surface area contributed by atoms with Gasteiger partial charge < -0.3 is 10.5 Å². The van der Waals surface area contributed by atoms with Crippen molar-refractivity contribution in [1.29, 1.82) is 0 Å². The number of halogens is 1. The molecule has 0 aromatic heterocycles. The van der Waals surface area contributed by atoms with E-state index in [0.29, 0.717) is 5.02 Å². The topological polar surface area (TPSA) is 35.2 Å². The van der Waals surface area contributed by atoms with E-state index in [1.165, 1.54) is 5.56 Å². The standard InChI is InChI=1S/C16H16ClNO/c17-14-5-1-3-12(10-14)16(18)13-6-7-15-11(9-13)4-2-8-19-15/h1,3,5-7,9-10,16H,2,4,8,18H2. The van der Waals surface area contributed by atoms with Crippen LogP contribution in [-0.4, -0.2) is 6.61 Å². The predicted molar refractivity (Wildman–Crippen MR) is 77.7 cm³/mol. The van der Waals surface area contributed by atoms with Gasteiger partial charge in [0, 0.05) is 5.02 Å². The SMILES string of the molecule is NC(c1cccc(Cl)c1)c1ccc2c(c1)CCCO2. The molecule has 98 valence electrons. The Hall–Kier alpha value is -1.51. The Morgan fingerprint density at radius 2 is 1.95 bits per heavy atom. The van der Waals surface area contributed by atoms with Gasteiger partial charge in [0.15, 0.2) is 0 Å². The van der Waals surface area contributed by atoms with Crippen molar-refractivity contribution in [3.8, 4) is 5.75 Å². The van der Waals surface area contributed by atoms with Crippen molar-refractivity contribution >= 4 is 11.6 Å². The minimum Gasteiger partial charge on any atom is -0.493 e. The summed E-state index contributed by atoms with van der Waals surface area (Å²) in [7, 11) is 0. The van der Waals surface area contributed by atoms with Crippen LogP contribution in [0.25, 0.3) is 0 Å². The molecule has 2 nitrogen and oxygen atoms in total. The van der Waals surface area contributed by atoms with Crippen LogP contribution in [0.5, 0.6) is 5.75 Å². The fourth-order valence-corrected chi connectivity index (χ4v) is 2.66. The van der Waals surface area contributed by atoms with Gasteiger partial charge in [-0.25, -0.2) is 0 Å². The Morgan fingerprint density at radius 1 is 1.11 bits per heavy atom. The second-order valence-electron chi connectivity index (χ2n) is 4.85. The summed E-state index contributed by atoms with van der Waals surface area (Å²) < 4.78 is 5.62. The number of hydrogen-bond donors (Lipinski definition) is 1. The molecule has 2 aromatic carbocycles. The number of fused-ring (bicyclic) bond motifs is 1. The number of benzene rings is 2. The lowest BCUT2D eigenvalue weighted by atomic mass is 9.95. The van der Waals surface area contributed by atoms with Gasteiger partial charge in [0.1, 0.15) is 5.75 Å². The lowest BCUT2D eigenvalue weighted by Crippen LogP contribution is -2.14. The second-order valence-corrected chi connectivity index (χ2v) is 5.29. The lowest BCUT2D eigenvalue weighted by Gasteiger charge is -2.20. The molecule has 0 radical (unpaired) electrons. The van der Waals surface area contributed by atoms with Gasteiger partial charge in [0.2, 0.25) is 0 Å². The Balaban J connectivity index is 1.93. The normalized spacial score (nSPS) is 15.5. The van der Waals surface area contributed by atoms with Crippen LogP contribution in [0.1, 0.15) is 29.2 Å². The summed E-state index contributed by atoms with van der Waals surface area (Å²) >= 11 is 6.02. The van der Waals surface area contributed by atoms with Crippen LogP contribution in [0.3, 0.4) is 0 Å². The van der Waals surface area contributed by atoms with Crippen LogP contribution >= 0.6 is 11.6 Å². The molecule has 0 saturated carbocycles. The van der Waals surface area contributed by atoms with Crippen molar-refractivity contribution in [1.82, 2.24) is 0 Å². The maximum atomic E-state index is 6.32. The summed E-state index contributed by atoms with van der Waals surface area (Å²) in [5.74, 6) is 0.994. The number of nitrogens with two attached hydrogens (primary N) is 1. The summed E-state index contributed by atoms with van der Waals surface area (Å²) in [6.45, 7) is 0.812. The zero-order chi connectivity index (χ0) is 13.2. The second kappa shape index (κ2) is 5.24. The van der Waals surface area contributed by atoms with Gasteiger partial charge in [-0.3, -0.25) is 0 Å². The first-order valence-corrected chi connectivity index (χ1v) is 6.88. The molecule has 3 heteroatoms. The van der Waals surface area contributed by atoms with Crippen molar-refractivity contribution in [2.75, 3.05) is 6.61 Å². The maximum absolute atomic E-state index is 6.32. The van der Waals surface area contributed by atoms with Crippen LogP contribution in [0, 0.1) is 0 Å². The molecule has 0 saturated heterocycles. The quantitative estimate of drug-likeness (QED) is 0.905. The number of hydrogen-bond acceptors (Lipinski definition) is 2. The molecule has 1 unspecified atom stereocenters. The molecule has 0 fully saturated rings. The molecule has 0 aliphatic carbocycles. The molecule has 1 aliphatic rings. The van der Waals surface area contributed by atoms with Crippen molar-refractivity contribution in [2.24, 2.45) is 5.73 Å². The predicted octanol–water partition coefficient (Wildman–Crippen LogP) is 3.71. The molecular weight excluding hydrogens is 258 g/mol. The zero-order valence-corrected chi connectivity index (χ0v) is 11.4. The molecular formula is C16H16ClNO. The molecule has 3 rings (SSSR count). The van der Waals surface area contributed by atoms with E-state index in [-0.39, 0.29) is 6.04 Å². The van der Waals surface area contributed by atoms with E-state index in [0.717, 1.165) is 36.3 Å². The summed E-state index contributed by atoms with van der Waals surface area (Å²) in [6.07, 6.45) is 2.13. The van der Waals surface area contributed by atoms with Gasteiger partial charge in [-0.15, -0.1) is 0 Å². The Morgan fingerprint density at radius 3 is 2.79 bits per heavy atom. The zero-order valence-electron chi connectivity index (χ0n) is 10.6. The van der Waals surface area contributed by atoms with Crippen molar-refractivity contribution in [2.45, 2.75) is 18.9 Å². The third-order valence-corrected chi connectivity index (χ3v) is 3.73. The number of aryl methyl sites for hydroxylation is 1. The highest BCUT2D eigenvalue weighted by atomic mass is 35.5. The Labute approximate surface area is 118 Å². The fourth-order valence-electron chi connectivity index (χ4n) is 2.47. The van der Waals surface area contributed by atoms with E-state index >= 15 is 0 Å². The van der Waals surface area contributed by atoms with Crippen LogP contribution in [-0.2, 0) is 6.42 Å². The van der Waals surface area contributed by atoms with Gasteiger partial charge in [-0.05, 0) is 47.7 Å². The van der Waals surface area contributed by atoms with E-state index in [2.05, 4.69) is 6.07 Å². The van der Waals surface area contributed by atoms with Crippen LogP contribution in [0.15, 0.2) is 42.5 Å². The summed E-state index contributed by atoms with van der Waals surface area (Å²) in [6, 6.07) is 13.8. The van der Waals surface area contributed by atoms with Crippen LogP contribution < -0.4 is 10.5 Å². The first-order valence-electron chi connectivity index (χ1n) is 6.51. The minimum absolute atomic E-state index is 0.147. The highest BCUT2D eigenvalue weighted by Crippen LogP contribution is 2.29. The number of rotatable bonds is 2. The van der Waals surface area contributed by atoms with Gasteiger partial charge in [-0.1, -0.05) is 35.9 Å². The molecule has 1 heterocycles. The largest absolute Gasteiger partial charge is 0.493 e. The average molecular weight is 274 g/mol. The molecule has 2 aromatic rings. The third kappa shape index (κ3) is 2.60. The van der Waals surface area contributed by atoms with E-state index in [1.54, 1.807) is 0 Å². The van der Waals surface area contributed by atoms with Crippen molar-refractivity contribution in [3.05, 3.63) is 64.2 Å². The van der Waals surface area contributed by atoms with Crippen molar-refractivity contribution < 1.29 is 4.74 Å². The molecule has 1 aliphatic heterocycles. The first-order chi connectivity index (χ1) is 9.24. The Kier molecular flexibility index (Phi) is 3.45.